The van der Waals surface area contributed by atoms with E-state index in [0.717, 1.165) is 12.1 Å². The summed E-state index contributed by atoms with van der Waals surface area (Å²) in [7, 11) is 1.48. The molecule has 1 heterocycles. The maximum absolute atomic E-state index is 15.1. The number of carbonyl (C=O) groups is 2. The summed E-state index contributed by atoms with van der Waals surface area (Å²) in [5.41, 5.74) is 0.705. The highest BCUT2D eigenvalue weighted by Gasteiger charge is 2.31. The van der Waals surface area contributed by atoms with Crippen LogP contribution in [0.1, 0.15) is 36.2 Å². The minimum atomic E-state index is -4.54. The van der Waals surface area contributed by atoms with Crippen molar-refractivity contribution in [2.75, 3.05) is 11.9 Å². The molecule has 0 saturated carbocycles. The molecular formula is C28H25F4N3O4. The van der Waals surface area contributed by atoms with Crippen molar-refractivity contribution in [2.45, 2.75) is 32.5 Å². The van der Waals surface area contributed by atoms with Crippen molar-refractivity contribution in [2.24, 2.45) is 5.92 Å². The van der Waals surface area contributed by atoms with E-state index in [1.807, 2.05) is 13.8 Å². The Morgan fingerprint density at radius 2 is 1.69 bits per heavy atom. The van der Waals surface area contributed by atoms with E-state index in [2.05, 4.69) is 10.3 Å². The van der Waals surface area contributed by atoms with E-state index in [4.69, 9.17) is 4.42 Å². The van der Waals surface area contributed by atoms with Crippen LogP contribution in [-0.4, -0.2) is 35.1 Å². The summed E-state index contributed by atoms with van der Waals surface area (Å²) in [6, 6.07) is 12.5. The molecule has 1 atom stereocenters. The number of alkyl halides is 3. The first-order valence-corrected chi connectivity index (χ1v) is 12.0. The topological polar surface area (TPSA) is 95.7 Å². The molecule has 0 aliphatic carbocycles. The van der Waals surface area contributed by atoms with Crippen molar-refractivity contribution in [1.82, 2.24) is 10.3 Å². The number of nitrogens with zero attached hydrogens (tertiary/aromatic N) is 2. The lowest BCUT2D eigenvalue weighted by Gasteiger charge is -2.17. The highest BCUT2D eigenvalue weighted by Crippen LogP contribution is 2.35. The van der Waals surface area contributed by atoms with Gasteiger partial charge in [-0.25, -0.2) is 9.18 Å². The number of benzene rings is 3. The minimum Gasteiger partial charge on any atom is -0.480 e. The summed E-state index contributed by atoms with van der Waals surface area (Å²) in [5.74, 6) is -2.19. The molecule has 0 saturated heterocycles. The number of carboxylic acid groups (broad SMARTS) is 1. The molecule has 0 spiro atoms. The number of rotatable bonds is 8. The van der Waals surface area contributed by atoms with Gasteiger partial charge < -0.3 is 14.8 Å². The molecule has 11 heteroatoms. The zero-order valence-corrected chi connectivity index (χ0v) is 21.2. The molecule has 204 valence electrons. The third-order valence-electron chi connectivity index (χ3n) is 6.09. The monoisotopic (exact) mass is 543 g/mol. The van der Waals surface area contributed by atoms with E-state index in [1.165, 1.54) is 42.3 Å². The molecule has 4 rings (SSSR count). The van der Waals surface area contributed by atoms with Gasteiger partial charge in [0.2, 0.25) is 0 Å². The molecule has 1 amide bonds. The molecule has 7 nitrogen and oxygen atoms in total. The highest BCUT2D eigenvalue weighted by atomic mass is 19.4. The van der Waals surface area contributed by atoms with Crippen molar-refractivity contribution in [3.63, 3.8) is 0 Å². The molecule has 0 bridgehead atoms. The number of hydrogen-bond acceptors (Lipinski definition) is 5. The average molecular weight is 544 g/mol. The fourth-order valence-corrected chi connectivity index (χ4v) is 4.04. The SMILES string of the molecule is CC(C)C[C@H](NC(=O)c1ccc(-c2ccc(N(C)c3nc4ccc(C(F)(F)F)cc4o3)c(F)c2)cc1)C(=O)O. The quantitative estimate of drug-likeness (QED) is 0.242. The molecule has 39 heavy (non-hydrogen) atoms. The summed E-state index contributed by atoms with van der Waals surface area (Å²) in [5, 5.41) is 11.9. The van der Waals surface area contributed by atoms with E-state index >= 15 is 4.39 Å². The molecule has 0 radical (unpaired) electrons. The lowest BCUT2D eigenvalue weighted by molar-refractivity contribution is -0.140. The number of amides is 1. The number of anilines is 2. The van der Waals surface area contributed by atoms with Crippen molar-refractivity contribution >= 4 is 34.7 Å². The lowest BCUT2D eigenvalue weighted by atomic mass is 10.0. The van der Waals surface area contributed by atoms with Gasteiger partial charge in [-0.1, -0.05) is 32.0 Å². The van der Waals surface area contributed by atoms with Gasteiger partial charge in [-0.2, -0.15) is 18.2 Å². The van der Waals surface area contributed by atoms with E-state index < -0.39 is 35.5 Å². The van der Waals surface area contributed by atoms with E-state index in [9.17, 15) is 27.9 Å². The second kappa shape index (κ2) is 10.8. The number of hydrogen-bond donors (Lipinski definition) is 2. The van der Waals surface area contributed by atoms with Crippen molar-refractivity contribution in [1.29, 1.82) is 0 Å². The number of oxazole rings is 1. The second-order valence-electron chi connectivity index (χ2n) is 9.47. The molecule has 4 aromatic rings. The molecule has 0 aliphatic rings. The third-order valence-corrected chi connectivity index (χ3v) is 6.09. The summed E-state index contributed by atoms with van der Waals surface area (Å²) < 4.78 is 59.5. The Labute approximate surface area is 221 Å². The summed E-state index contributed by atoms with van der Waals surface area (Å²) in [4.78, 5) is 29.4. The van der Waals surface area contributed by atoms with Crippen LogP contribution in [0.15, 0.2) is 65.1 Å². The van der Waals surface area contributed by atoms with E-state index in [0.29, 0.717) is 11.1 Å². The van der Waals surface area contributed by atoms with Gasteiger partial charge >= 0.3 is 18.2 Å². The van der Waals surface area contributed by atoms with Gasteiger partial charge in [-0.15, -0.1) is 0 Å². The van der Waals surface area contributed by atoms with Crippen LogP contribution in [0.3, 0.4) is 0 Å². The predicted octanol–water partition coefficient (Wildman–Crippen LogP) is 6.65. The highest BCUT2D eigenvalue weighted by molar-refractivity contribution is 5.97. The predicted molar refractivity (Wildman–Crippen MR) is 137 cm³/mol. The zero-order valence-electron chi connectivity index (χ0n) is 21.2. The number of nitrogens with one attached hydrogen (secondary N) is 1. The van der Waals surface area contributed by atoms with Gasteiger partial charge in [0.05, 0.1) is 11.3 Å². The van der Waals surface area contributed by atoms with Crippen molar-refractivity contribution in [3.05, 3.63) is 77.6 Å². The third kappa shape index (κ3) is 6.19. The summed E-state index contributed by atoms with van der Waals surface area (Å²) >= 11 is 0. The number of aliphatic carboxylic acids is 1. The van der Waals surface area contributed by atoms with Crippen LogP contribution >= 0.6 is 0 Å². The normalized spacial score (nSPS) is 12.5. The molecule has 0 fully saturated rings. The zero-order chi connectivity index (χ0) is 28.5. The number of fused-ring (bicyclic) bond motifs is 1. The molecule has 3 aromatic carbocycles. The fourth-order valence-electron chi connectivity index (χ4n) is 4.04. The Hall–Kier alpha value is -4.41. The molecule has 0 unspecified atom stereocenters. The Bertz CT molecular complexity index is 1510. The minimum absolute atomic E-state index is 0.0771. The van der Waals surface area contributed by atoms with Crippen LogP contribution < -0.4 is 10.2 Å². The van der Waals surface area contributed by atoms with Crippen LogP contribution in [0.25, 0.3) is 22.2 Å². The molecule has 2 N–H and O–H groups in total. The number of carboxylic acids is 1. The van der Waals surface area contributed by atoms with E-state index in [1.54, 1.807) is 18.2 Å². The first-order valence-electron chi connectivity index (χ1n) is 12.0. The summed E-state index contributed by atoms with van der Waals surface area (Å²) in [6.07, 6.45) is -4.25. The largest absolute Gasteiger partial charge is 0.480 e. The molecular weight excluding hydrogens is 518 g/mol. The number of aromatic nitrogens is 1. The van der Waals surface area contributed by atoms with Gasteiger partial charge in [0, 0.05) is 12.6 Å². The first-order chi connectivity index (χ1) is 18.3. The van der Waals surface area contributed by atoms with Gasteiger partial charge in [-0.05, 0) is 65.9 Å². The second-order valence-corrected chi connectivity index (χ2v) is 9.47. The molecule has 1 aromatic heterocycles. The van der Waals surface area contributed by atoms with Gasteiger partial charge in [-0.3, -0.25) is 9.69 Å². The van der Waals surface area contributed by atoms with Crippen LogP contribution in [-0.2, 0) is 11.0 Å². The Balaban J connectivity index is 1.51. The maximum Gasteiger partial charge on any atom is 0.416 e. The van der Waals surface area contributed by atoms with Gasteiger partial charge in [0.15, 0.2) is 5.58 Å². The lowest BCUT2D eigenvalue weighted by Crippen LogP contribution is -2.41. The van der Waals surface area contributed by atoms with Crippen LogP contribution in [0, 0.1) is 11.7 Å². The summed E-state index contributed by atoms with van der Waals surface area (Å²) in [6.45, 7) is 3.72. The standard InChI is InChI=1S/C28H25F4N3O4/c1-15(2)12-22(26(37)38)33-25(36)17-6-4-16(5-7-17)18-8-11-23(20(29)13-18)35(3)27-34-21-10-9-19(28(30,31)32)14-24(21)39-27/h4-11,13-15,22H,12H2,1-3H3,(H,33,36)(H,37,38)/t22-/m0/s1. The van der Waals surface area contributed by atoms with Crippen molar-refractivity contribution < 1.29 is 36.7 Å². The van der Waals surface area contributed by atoms with E-state index in [-0.39, 0.29) is 40.7 Å². The number of halogens is 4. The first kappa shape index (κ1) is 27.6. The van der Waals surface area contributed by atoms with Crippen molar-refractivity contribution in [3.8, 4) is 11.1 Å². The Morgan fingerprint density at radius 3 is 2.28 bits per heavy atom. The number of carbonyl (C=O) groups excluding carboxylic acids is 1. The van der Waals surface area contributed by atoms with Crippen LogP contribution in [0.2, 0.25) is 0 Å². The van der Waals surface area contributed by atoms with Crippen LogP contribution in [0.4, 0.5) is 29.3 Å². The fraction of sp³-hybridized carbons (Fsp3) is 0.250. The maximum atomic E-state index is 15.1. The smallest absolute Gasteiger partial charge is 0.416 e. The Morgan fingerprint density at radius 1 is 1.03 bits per heavy atom. The average Bonchev–Trinajstić information content (AvgIpc) is 3.31. The van der Waals surface area contributed by atoms with Gasteiger partial charge in [0.1, 0.15) is 17.4 Å². The van der Waals surface area contributed by atoms with Gasteiger partial charge in [0.25, 0.3) is 5.91 Å². The van der Waals surface area contributed by atoms with Crippen LogP contribution in [0.5, 0.6) is 0 Å². The Kier molecular flexibility index (Phi) is 7.62. The molecule has 0 aliphatic heterocycles.